The Labute approximate surface area is 301 Å². The minimum atomic E-state index is -1.11. The predicted molar refractivity (Wildman–Crippen MR) is 190 cm³/mol. The zero-order valence-corrected chi connectivity index (χ0v) is 22.4. The van der Waals surface area contributed by atoms with E-state index >= 15 is 0 Å². The van der Waals surface area contributed by atoms with Crippen molar-refractivity contribution in [2.24, 2.45) is 0 Å². The van der Waals surface area contributed by atoms with Gasteiger partial charge in [-0.15, -0.1) is 0 Å². The molecule has 0 fully saturated rings. The summed E-state index contributed by atoms with van der Waals surface area (Å²) >= 11 is 0. The molecule has 0 unspecified atom stereocenters. The monoisotopic (exact) mass is 600 g/mol. The lowest BCUT2D eigenvalue weighted by molar-refractivity contribution is 0.669. The molecule has 1 nitrogen and oxygen atoms in total. The van der Waals surface area contributed by atoms with Crippen molar-refractivity contribution in [2.45, 2.75) is 0 Å². The van der Waals surface area contributed by atoms with Crippen LogP contribution in [0.2, 0.25) is 0 Å². The maximum atomic E-state index is 9.58. The van der Waals surface area contributed by atoms with Crippen LogP contribution in [0.5, 0.6) is 0 Å². The lowest BCUT2D eigenvalue weighted by Gasteiger charge is -2.18. The van der Waals surface area contributed by atoms with Gasteiger partial charge in [0.15, 0.2) is 0 Å². The topological polar surface area (TPSA) is 13.1 Å². The Morgan fingerprint density at radius 2 is 0.822 bits per heavy atom. The largest absolute Gasteiger partial charge is 0.456 e. The second-order valence-electron chi connectivity index (χ2n) is 9.51. The number of furan rings is 1. The third kappa shape index (κ3) is 4.17. The molecule has 0 bridgehead atoms. The number of rotatable bonds is 4. The van der Waals surface area contributed by atoms with Gasteiger partial charge in [-0.2, -0.15) is 0 Å². The molecule has 0 saturated heterocycles. The molecule has 0 atom stereocenters. The summed E-state index contributed by atoms with van der Waals surface area (Å²) in [5.41, 5.74) is -7.29. The van der Waals surface area contributed by atoms with Gasteiger partial charge >= 0.3 is 0 Å². The van der Waals surface area contributed by atoms with Crippen LogP contribution >= 0.6 is 0 Å². The van der Waals surface area contributed by atoms with E-state index in [1.807, 2.05) is 0 Å². The normalized spacial score (nSPS) is 20.3. The fraction of sp³-hybridized carbons (Fsp3) is 0. The lowest BCUT2D eigenvalue weighted by atomic mass is 9.86. The molecule has 0 radical (unpaired) electrons. The molecule has 9 rings (SSSR count). The maximum absolute atomic E-state index is 9.58. The summed E-state index contributed by atoms with van der Waals surface area (Å²) in [7, 11) is 0. The van der Waals surface area contributed by atoms with E-state index in [9.17, 15) is 12.3 Å². The molecule has 45 heavy (non-hydrogen) atoms. The van der Waals surface area contributed by atoms with Crippen molar-refractivity contribution >= 4 is 43.5 Å². The number of benzene rings is 8. The predicted octanol–water partition coefficient (Wildman–Crippen LogP) is 12.6. The first-order valence-corrected chi connectivity index (χ1v) is 13.2. The maximum Gasteiger partial charge on any atom is 0.136 e. The zero-order valence-electron chi connectivity index (χ0n) is 50.4. The molecule has 0 aliphatic heterocycles. The van der Waals surface area contributed by atoms with Crippen LogP contribution in [0.25, 0.3) is 88.0 Å². The molecule has 9 aromatic rings. The Bertz CT molecular complexity index is 3950. The van der Waals surface area contributed by atoms with Gasteiger partial charge in [0.25, 0.3) is 0 Å². The fourth-order valence-electron chi connectivity index (χ4n) is 5.20. The van der Waals surface area contributed by atoms with Crippen LogP contribution in [-0.2, 0) is 0 Å². The molecular weight excluding hydrogens is 544 g/mol. The standard InChI is InChI=1S/C44H28O/c1-3-12-30(13-4-1)34-20-11-21-41-44(34)39-28-33(26-27-40(39)45-41)29-22-24-32(25-23-29)43-37-18-9-7-16-35(37)42(31-14-5-2-6-15-31)36-17-8-10-19-38(36)43/h1-28H/i1D,2D,3D,4D,5D,6D,7D,8D,9D,10D,11D,12D,13D,14D,15D,16D,17D,18D,19D,20D,21D,22D,23D,24D,25D,26D,27D,28D. The highest BCUT2D eigenvalue weighted by molar-refractivity contribution is 6.21. The Balaban J connectivity index is 1.49. The van der Waals surface area contributed by atoms with Crippen molar-refractivity contribution in [3.05, 3.63) is 169 Å². The van der Waals surface area contributed by atoms with Crippen molar-refractivity contribution in [2.75, 3.05) is 0 Å². The van der Waals surface area contributed by atoms with Crippen LogP contribution in [0.1, 0.15) is 38.4 Å². The summed E-state index contributed by atoms with van der Waals surface area (Å²) in [5.74, 6) is 0. The van der Waals surface area contributed by atoms with Gasteiger partial charge in [0.1, 0.15) is 11.2 Å². The van der Waals surface area contributed by atoms with E-state index in [-0.39, 0.29) is 0 Å². The smallest absolute Gasteiger partial charge is 0.136 e. The molecule has 1 heterocycles. The van der Waals surface area contributed by atoms with Crippen molar-refractivity contribution < 1.29 is 42.8 Å². The molecule has 0 aliphatic carbocycles. The summed E-state index contributed by atoms with van der Waals surface area (Å²) in [4.78, 5) is 0. The van der Waals surface area contributed by atoms with E-state index in [0.717, 1.165) is 0 Å². The van der Waals surface area contributed by atoms with Crippen LogP contribution in [0.4, 0.5) is 0 Å². The third-order valence-electron chi connectivity index (χ3n) is 7.07. The Hall–Kier alpha value is -5.92. The van der Waals surface area contributed by atoms with E-state index in [0.29, 0.717) is 0 Å². The molecule has 0 N–H and O–H groups in total. The van der Waals surface area contributed by atoms with Gasteiger partial charge in [-0.05, 0) is 84.2 Å². The number of hydrogen-bond acceptors (Lipinski definition) is 1. The first kappa shape index (κ1) is 10.1. The summed E-state index contributed by atoms with van der Waals surface area (Å²) in [5, 5.41) is -3.94. The van der Waals surface area contributed by atoms with Crippen LogP contribution in [0.15, 0.2) is 174 Å². The van der Waals surface area contributed by atoms with E-state index in [2.05, 4.69) is 0 Å². The van der Waals surface area contributed by atoms with Gasteiger partial charge in [-0.1, -0.05) is 151 Å². The van der Waals surface area contributed by atoms with Crippen LogP contribution < -0.4 is 0 Å². The highest BCUT2D eigenvalue weighted by Gasteiger charge is 2.17. The molecule has 0 aliphatic rings. The summed E-state index contributed by atoms with van der Waals surface area (Å²) in [6.45, 7) is 0. The molecule has 0 spiro atoms. The van der Waals surface area contributed by atoms with Gasteiger partial charge in [0.05, 0.1) is 38.4 Å². The third-order valence-corrected chi connectivity index (χ3v) is 7.07. The summed E-state index contributed by atoms with van der Waals surface area (Å²) in [6, 6.07) is -26.5. The van der Waals surface area contributed by atoms with Gasteiger partial charge in [-0.3, -0.25) is 0 Å². The van der Waals surface area contributed by atoms with Crippen LogP contribution in [-0.4, -0.2) is 0 Å². The highest BCUT2D eigenvalue weighted by Crippen LogP contribution is 2.44. The van der Waals surface area contributed by atoms with Gasteiger partial charge in [0.2, 0.25) is 0 Å². The number of hydrogen-bond donors (Lipinski definition) is 0. The molecule has 0 amide bonds. The van der Waals surface area contributed by atoms with E-state index in [1.165, 1.54) is 0 Å². The lowest BCUT2D eigenvalue weighted by Crippen LogP contribution is -1.90. The molecule has 8 aromatic carbocycles. The summed E-state index contributed by atoms with van der Waals surface area (Å²) in [6.07, 6.45) is 0. The molecule has 1 heteroatoms. The Morgan fingerprint density at radius 3 is 1.42 bits per heavy atom. The molecular formula is C44H28O. The van der Waals surface area contributed by atoms with E-state index in [1.54, 1.807) is 0 Å². The SMILES string of the molecule is [2H]c1c([2H])c([2H])c(-c2c3c([2H])c([2H])c([2H])c([2H])c3c(-c3c([2H])c([2H])c(-c4c([2H])c([2H])c5oc6c([2H])c([2H])c([2H])c(-c7c([2H])c([2H])c([2H])c([2H])c7[2H])c6c5c4[2H])c([2H])c3[2H])c3c([2H])c([2H])c([2H])c([2H])c23)c([2H])c1[2H]. The average Bonchev–Trinajstić information content (AvgIpc) is 3.77. The minimum Gasteiger partial charge on any atom is -0.456 e. The van der Waals surface area contributed by atoms with Crippen molar-refractivity contribution in [3.8, 4) is 44.5 Å². The van der Waals surface area contributed by atoms with E-state index < -0.39 is 257 Å². The van der Waals surface area contributed by atoms with Crippen molar-refractivity contribution in [1.29, 1.82) is 0 Å². The molecule has 1 aromatic heterocycles. The fourth-order valence-corrected chi connectivity index (χ4v) is 5.20. The van der Waals surface area contributed by atoms with Crippen molar-refractivity contribution in [1.82, 2.24) is 0 Å². The first-order valence-electron chi connectivity index (χ1n) is 27.2. The number of fused-ring (bicyclic) bond motifs is 5. The average molecular weight is 601 g/mol. The second kappa shape index (κ2) is 10.4. The molecule has 210 valence electrons. The van der Waals surface area contributed by atoms with Gasteiger partial charge < -0.3 is 4.42 Å². The summed E-state index contributed by atoms with van der Waals surface area (Å²) < 4.78 is 255. The molecule has 0 saturated carbocycles. The highest BCUT2D eigenvalue weighted by atomic mass is 16.3. The van der Waals surface area contributed by atoms with Crippen LogP contribution in [0, 0.1) is 0 Å². The second-order valence-corrected chi connectivity index (χ2v) is 9.51. The van der Waals surface area contributed by atoms with E-state index in [4.69, 9.17) is 30.5 Å². The van der Waals surface area contributed by atoms with Gasteiger partial charge in [0, 0.05) is 10.8 Å². The quantitative estimate of drug-likeness (QED) is 0.183. The van der Waals surface area contributed by atoms with Crippen LogP contribution in [0.3, 0.4) is 0 Å². The first-order chi connectivity index (χ1) is 34.0. The minimum absolute atomic E-state index is 0.508. The van der Waals surface area contributed by atoms with Gasteiger partial charge in [-0.25, -0.2) is 0 Å². The van der Waals surface area contributed by atoms with Crippen molar-refractivity contribution in [3.63, 3.8) is 0 Å². The Morgan fingerprint density at radius 1 is 0.333 bits per heavy atom. The Kier molecular flexibility index (Phi) is 2.32. The zero-order chi connectivity index (χ0) is 54.1.